The first kappa shape index (κ1) is 25.2. The SMILES string of the molecule is CC(=O)c1ccc(-c2nccc3[nH]c(-c4n[nH]c5ccc(-c6cncc(NC(=O)C7CCCCC7)c6)nc45)nc23)s1. The lowest BCUT2D eigenvalue weighted by Gasteiger charge is -2.20. The number of anilines is 1. The summed E-state index contributed by atoms with van der Waals surface area (Å²) in [7, 11) is 0. The number of thiophene rings is 1. The summed E-state index contributed by atoms with van der Waals surface area (Å²) < 4.78 is 0. The number of fused-ring (bicyclic) bond motifs is 2. The van der Waals surface area contributed by atoms with Gasteiger partial charge in [-0.15, -0.1) is 11.3 Å². The van der Waals surface area contributed by atoms with Crippen molar-refractivity contribution >= 4 is 50.8 Å². The van der Waals surface area contributed by atoms with E-state index in [9.17, 15) is 9.59 Å². The summed E-state index contributed by atoms with van der Waals surface area (Å²) in [6.07, 6.45) is 10.4. The molecule has 7 rings (SSSR count). The van der Waals surface area contributed by atoms with Crippen molar-refractivity contribution in [1.29, 1.82) is 0 Å². The predicted molar refractivity (Wildman–Crippen MR) is 159 cm³/mol. The van der Waals surface area contributed by atoms with E-state index in [2.05, 4.69) is 30.5 Å². The molecule has 0 bridgehead atoms. The van der Waals surface area contributed by atoms with Crippen molar-refractivity contribution in [3.8, 4) is 33.3 Å². The number of amides is 1. The van der Waals surface area contributed by atoms with Crippen LogP contribution in [0.3, 0.4) is 0 Å². The number of nitrogens with zero attached hydrogens (tertiary/aromatic N) is 5. The number of carbonyl (C=O) groups excluding carboxylic acids is 2. The zero-order valence-electron chi connectivity index (χ0n) is 22.3. The van der Waals surface area contributed by atoms with Crippen LogP contribution in [-0.2, 0) is 4.79 Å². The number of hydrogen-bond acceptors (Lipinski definition) is 8. The maximum Gasteiger partial charge on any atom is 0.227 e. The number of aromatic nitrogens is 7. The van der Waals surface area contributed by atoms with Gasteiger partial charge in [0.2, 0.25) is 5.91 Å². The molecule has 1 aliphatic rings. The molecule has 6 heterocycles. The van der Waals surface area contributed by atoms with Gasteiger partial charge >= 0.3 is 0 Å². The topological polar surface area (TPSA) is 142 Å². The van der Waals surface area contributed by atoms with Crippen LogP contribution in [0.5, 0.6) is 0 Å². The van der Waals surface area contributed by atoms with E-state index >= 15 is 0 Å². The largest absolute Gasteiger partial charge is 0.336 e. The second kappa shape index (κ2) is 10.3. The molecular formula is C30H26N8O2S. The summed E-state index contributed by atoms with van der Waals surface area (Å²) in [6.45, 7) is 1.56. The van der Waals surface area contributed by atoms with Crippen molar-refractivity contribution in [3.05, 3.63) is 59.9 Å². The molecule has 10 nitrogen and oxygen atoms in total. The van der Waals surface area contributed by atoms with Crippen LogP contribution in [0.15, 0.2) is 55.0 Å². The zero-order chi connectivity index (χ0) is 27.9. The van der Waals surface area contributed by atoms with Crippen molar-refractivity contribution in [3.63, 3.8) is 0 Å². The lowest BCUT2D eigenvalue weighted by atomic mass is 9.88. The molecule has 6 aromatic heterocycles. The van der Waals surface area contributed by atoms with Crippen LogP contribution in [0, 0.1) is 5.92 Å². The van der Waals surface area contributed by atoms with Crippen molar-refractivity contribution in [2.75, 3.05) is 5.32 Å². The molecule has 0 radical (unpaired) electrons. The Kier molecular flexibility index (Phi) is 6.35. The highest BCUT2D eigenvalue weighted by Gasteiger charge is 2.22. The fourth-order valence-corrected chi connectivity index (χ4v) is 6.26. The van der Waals surface area contributed by atoms with Crippen molar-refractivity contribution in [1.82, 2.24) is 35.1 Å². The number of carbonyl (C=O) groups is 2. The number of rotatable bonds is 6. The first-order chi connectivity index (χ1) is 20.0. The third-order valence-corrected chi connectivity index (χ3v) is 8.69. The highest BCUT2D eigenvalue weighted by molar-refractivity contribution is 7.17. The summed E-state index contributed by atoms with van der Waals surface area (Å²) in [6, 6.07) is 11.3. The molecule has 41 heavy (non-hydrogen) atoms. The molecule has 1 fully saturated rings. The first-order valence-corrected chi connectivity index (χ1v) is 14.4. The number of nitrogens with one attached hydrogen (secondary N) is 3. The van der Waals surface area contributed by atoms with Crippen LogP contribution < -0.4 is 5.32 Å². The van der Waals surface area contributed by atoms with Crippen LogP contribution in [0.1, 0.15) is 48.7 Å². The Labute approximate surface area is 238 Å². The van der Waals surface area contributed by atoms with Gasteiger partial charge in [0.15, 0.2) is 17.3 Å². The number of imidazole rings is 1. The molecular weight excluding hydrogens is 536 g/mol. The van der Waals surface area contributed by atoms with Gasteiger partial charge in [0.05, 0.1) is 38.4 Å². The molecule has 0 aliphatic heterocycles. The zero-order valence-corrected chi connectivity index (χ0v) is 23.1. The van der Waals surface area contributed by atoms with Crippen molar-refractivity contribution < 1.29 is 9.59 Å². The van der Waals surface area contributed by atoms with Gasteiger partial charge in [-0.1, -0.05) is 19.3 Å². The number of hydrogen-bond donors (Lipinski definition) is 3. The van der Waals surface area contributed by atoms with Crippen LogP contribution in [0.4, 0.5) is 5.69 Å². The van der Waals surface area contributed by atoms with Crippen LogP contribution in [0.25, 0.3) is 55.4 Å². The fraction of sp³-hybridized carbons (Fsp3) is 0.233. The minimum absolute atomic E-state index is 0.0216. The molecule has 3 N–H and O–H groups in total. The second-order valence-electron chi connectivity index (χ2n) is 10.3. The van der Waals surface area contributed by atoms with E-state index in [0.29, 0.717) is 44.5 Å². The van der Waals surface area contributed by atoms with Crippen LogP contribution >= 0.6 is 11.3 Å². The Morgan fingerprint density at radius 3 is 2.63 bits per heavy atom. The molecule has 0 aromatic carbocycles. The average Bonchev–Trinajstić information content (AvgIpc) is 3.75. The minimum atomic E-state index is 0.0216. The average molecular weight is 563 g/mol. The van der Waals surface area contributed by atoms with Crippen molar-refractivity contribution in [2.45, 2.75) is 39.0 Å². The van der Waals surface area contributed by atoms with Gasteiger partial charge in [-0.05, 0) is 56.2 Å². The third-order valence-electron chi connectivity index (χ3n) is 7.50. The van der Waals surface area contributed by atoms with Gasteiger partial charge in [0.1, 0.15) is 16.7 Å². The molecule has 0 saturated heterocycles. The molecule has 204 valence electrons. The number of ketones is 1. The Morgan fingerprint density at radius 1 is 0.951 bits per heavy atom. The standard InChI is InChI=1S/C30H26N8O2S/c1-16(39)23-9-10-24(41-23)27-25-21(11-12-32-27)35-29(36-25)28-26-22(37-38-28)8-7-20(34-26)18-13-19(15-31-14-18)33-30(40)17-5-3-2-4-6-17/h7-15,17H,2-6H2,1H3,(H,33,40)(H,35,36)(H,37,38). The van der Waals surface area contributed by atoms with Gasteiger partial charge in [0.25, 0.3) is 0 Å². The fourth-order valence-electron chi connectivity index (χ4n) is 5.36. The van der Waals surface area contributed by atoms with Crippen molar-refractivity contribution in [2.24, 2.45) is 5.92 Å². The molecule has 1 saturated carbocycles. The van der Waals surface area contributed by atoms with E-state index in [1.54, 1.807) is 25.5 Å². The predicted octanol–water partition coefficient (Wildman–Crippen LogP) is 6.41. The number of Topliss-reactive ketones (excluding diaryl/α,β-unsaturated/α-hetero) is 1. The summed E-state index contributed by atoms with van der Waals surface area (Å²) >= 11 is 1.40. The third kappa shape index (κ3) is 4.78. The maximum absolute atomic E-state index is 12.8. The first-order valence-electron chi connectivity index (χ1n) is 13.6. The normalized spacial score (nSPS) is 14.1. The lowest BCUT2D eigenvalue weighted by molar-refractivity contribution is -0.120. The molecule has 6 aromatic rings. The van der Waals surface area contributed by atoms with E-state index in [1.165, 1.54) is 17.8 Å². The van der Waals surface area contributed by atoms with Gasteiger partial charge in [-0.3, -0.25) is 24.7 Å². The van der Waals surface area contributed by atoms with Gasteiger partial charge in [0, 0.05) is 23.9 Å². The summed E-state index contributed by atoms with van der Waals surface area (Å²) in [5, 5.41) is 10.6. The van der Waals surface area contributed by atoms with E-state index in [4.69, 9.17) is 9.97 Å². The van der Waals surface area contributed by atoms with E-state index in [-0.39, 0.29) is 17.6 Å². The minimum Gasteiger partial charge on any atom is -0.336 e. The maximum atomic E-state index is 12.8. The molecule has 1 amide bonds. The van der Waals surface area contributed by atoms with Gasteiger partial charge in [-0.2, -0.15) is 5.10 Å². The van der Waals surface area contributed by atoms with Crippen LogP contribution in [-0.4, -0.2) is 46.8 Å². The quantitative estimate of drug-likeness (QED) is 0.199. The molecule has 0 atom stereocenters. The van der Waals surface area contributed by atoms with Crippen LogP contribution in [0.2, 0.25) is 0 Å². The Bertz CT molecular complexity index is 1930. The second-order valence-corrected chi connectivity index (χ2v) is 11.4. The monoisotopic (exact) mass is 562 g/mol. The van der Waals surface area contributed by atoms with E-state index in [0.717, 1.165) is 47.2 Å². The Hall–Kier alpha value is -4.77. The Balaban J connectivity index is 1.22. The number of pyridine rings is 3. The molecule has 11 heteroatoms. The number of H-pyrrole nitrogens is 2. The van der Waals surface area contributed by atoms with E-state index in [1.807, 2.05) is 36.4 Å². The highest BCUT2D eigenvalue weighted by atomic mass is 32.1. The molecule has 0 spiro atoms. The van der Waals surface area contributed by atoms with Gasteiger partial charge < -0.3 is 10.3 Å². The van der Waals surface area contributed by atoms with Gasteiger partial charge in [-0.25, -0.2) is 9.97 Å². The number of aromatic amines is 2. The summed E-state index contributed by atoms with van der Waals surface area (Å²) in [4.78, 5) is 48.2. The summed E-state index contributed by atoms with van der Waals surface area (Å²) in [5.74, 6) is 0.697. The molecule has 1 aliphatic carbocycles. The smallest absolute Gasteiger partial charge is 0.227 e. The lowest BCUT2D eigenvalue weighted by Crippen LogP contribution is -2.24. The summed E-state index contributed by atoms with van der Waals surface area (Å²) in [5.41, 5.74) is 6.35. The molecule has 0 unspecified atom stereocenters. The van der Waals surface area contributed by atoms with E-state index < -0.39 is 0 Å². The highest BCUT2D eigenvalue weighted by Crippen LogP contribution is 2.34. The Morgan fingerprint density at radius 2 is 1.80 bits per heavy atom.